The normalized spacial score (nSPS) is 10.9. The van der Waals surface area contributed by atoms with Crippen molar-refractivity contribution in [3.8, 4) is 0 Å². The molecule has 0 spiro atoms. The van der Waals surface area contributed by atoms with Crippen LogP contribution in [0.15, 0.2) is 53.7 Å². The monoisotopic (exact) mass is 406 g/mol. The summed E-state index contributed by atoms with van der Waals surface area (Å²) in [6.45, 7) is -0.390. The van der Waals surface area contributed by atoms with Gasteiger partial charge in [-0.2, -0.15) is 0 Å². The largest absolute Gasteiger partial charge is 0.461 e. The standard InChI is InChI=1S/C18H18N2O5S2/c21-11-4-7-14-5-3-6-15(18(14)20(23)24)13-25-17(22)9-12-26-27-16-8-1-2-10-19-16/h1-8,10,21H,9,11-13H2/b7-4+. The molecule has 0 amide bonds. The summed E-state index contributed by atoms with van der Waals surface area (Å²) in [4.78, 5) is 26.9. The van der Waals surface area contributed by atoms with Gasteiger partial charge in [0.2, 0.25) is 0 Å². The molecule has 0 bridgehead atoms. The number of rotatable bonds is 10. The van der Waals surface area contributed by atoms with Gasteiger partial charge in [0.05, 0.1) is 29.1 Å². The maximum atomic E-state index is 11.9. The predicted octanol–water partition coefficient (Wildman–Crippen LogP) is 3.87. The topological polar surface area (TPSA) is 103 Å². The van der Waals surface area contributed by atoms with E-state index < -0.39 is 10.9 Å². The highest BCUT2D eigenvalue weighted by atomic mass is 33.1. The fourth-order valence-corrected chi connectivity index (χ4v) is 3.97. The maximum absolute atomic E-state index is 11.9. The van der Waals surface area contributed by atoms with Gasteiger partial charge in [-0.1, -0.05) is 29.0 Å². The lowest BCUT2D eigenvalue weighted by molar-refractivity contribution is -0.386. The molecule has 0 fully saturated rings. The number of hydrogen-bond donors (Lipinski definition) is 1. The maximum Gasteiger partial charge on any atom is 0.306 e. The van der Waals surface area contributed by atoms with Crippen LogP contribution in [0, 0.1) is 10.1 Å². The molecule has 0 aliphatic heterocycles. The molecule has 0 aliphatic carbocycles. The van der Waals surface area contributed by atoms with Gasteiger partial charge in [-0.15, -0.1) is 0 Å². The Morgan fingerprint density at radius 3 is 2.85 bits per heavy atom. The molecule has 0 unspecified atom stereocenters. The van der Waals surface area contributed by atoms with Gasteiger partial charge in [-0.05, 0) is 41.1 Å². The van der Waals surface area contributed by atoms with Gasteiger partial charge in [0.25, 0.3) is 5.69 Å². The molecule has 0 atom stereocenters. The summed E-state index contributed by atoms with van der Waals surface area (Å²) in [5, 5.41) is 21.1. The van der Waals surface area contributed by atoms with Gasteiger partial charge in [0, 0.05) is 11.9 Å². The number of carbonyl (C=O) groups excluding carboxylic acids is 1. The molecule has 2 aromatic rings. The van der Waals surface area contributed by atoms with Crippen LogP contribution in [0.5, 0.6) is 0 Å². The average molecular weight is 406 g/mol. The molecule has 1 N–H and O–H groups in total. The summed E-state index contributed by atoms with van der Waals surface area (Å²) in [6, 6.07) is 10.4. The van der Waals surface area contributed by atoms with Crippen LogP contribution in [-0.2, 0) is 16.1 Å². The summed E-state index contributed by atoms with van der Waals surface area (Å²) < 4.78 is 5.18. The molecule has 0 saturated heterocycles. The molecule has 9 heteroatoms. The molecule has 142 valence electrons. The molecule has 1 aromatic heterocycles. The molecule has 0 radical (unpaired) electrons. The zero-order valence-corrected chi connectivity index (χ0v) is 15.9. The molecule has 1 aromatic carbocycles. The number of carbonyl (C=O) groups is 1. The fourth-order valence-electron chi connectivity index (χ4n) is 2.12. The summed E-state index contributed by atoms with van der Waals surface area (Å²) in [5.41, 5.74) is 0.531. The van der Waals surface area contributed by atoms with Gasteiger partial charge in [0.15, 0.2) is 0 Å². The summed E-state index contributed by atoms with van der Waals surface area (Å²) in [5.74, 6) is 0.122. The number of esters is 1. The quantitative estimate of drug-likeness (QED) is 0.209. The number of nitro groups is 1. The second-order valence-electron chi connectivity index (χ2n) is 5.18. The minimum atomic E-state index is -0.514. The number of ether oxygens (including phenoxy) is 1. The Hall–Kier alpha value is -2.36. The first-order valence-electron chi connectivity index (χ1n) is 8.01. The Kier molecular flexibility index (Phi) is 8.82. The minimum Gasteiger partial charge on any atom is -0.461 e. The van der Waals surface area contributed by atoms with Crippen LogP contribution in [0.2, 0.25) is 0 Å². The van der Waals surface area contributed by atoms with Crippen molar-refractivity contribution in [3.05, 3.63) is 69.9 Å². The minimum absolute atomic E-state index is 0.130. The van der Waals surface area contributed by atoms with E-state index in [-0.39, 0.29) is 25.3 Å². The van der Waals surface area contributed by atoms with E-state index in [2.05, 4.69) is 4.98 Å². The van der Waals surface area contributed by atoms with E-state index in [1.165, 1.54) is 33.7 Å². The first-order valence-corrected chi connectivity index (χ1v) is 10.3. The molecule has 0 saturated carbocycles. The smallest absolute Gasteiger partial charge is 0.306 e. The first kappa shape index (κ1) is 20.9. The van der Waals surface area contributed by atoms with Crippen molar-refractivity contribution in [2.45, 2.75) is 18.1 Å². The molecule has 0 aliphatic rings. The van der Waals surface area contributed by atoms with Gasteiger partial charge < -0.3 is 9.84 Å². The van der Waals surface area contributed by atoms with E-state index in [9.17, 15) is 14.9 Å². The molecular formula is C18H18N2O5S2. The molecule has 2 rings (SSSR count). The van der Waals surface area contributed by atoms with Crippen LogP contribution in [0.3, 0.4) is 0 Å². The Labute approximate surface area is 164 Å². The number of hydrogen-bond acceptors (Lipinski definition) is 8. The molecule has 7 nitrogen and oxygen atoms in total. The Morgan fingerprint density at radius 1 is 1.30 bits per heavy atom. The third-order valence-corrected chi connectivity index (χ3v) is 5.56. The summed E-state index contributed by atoms with van der Waals surface area (Å²) in [6.07, 6.45) is 4.78. The van der Waals surface area contributed by atoms with Crippen molar-refractivity contribution >= 4 is 39.3 Å². The van der Waals surface area contributed by atoms with Crippen LogP contribution in [0.1, 0.15) is 17.5 Å². The molecule has 27 heavy (non-hydrogen) atoms. The van der Waals surface area contributed by atoms with E-state index in [0.29, 0.717) is 16.9 Å². The number of aliphatic hydroxyl groups is 1. The van der Waals surface area contributed by atoms with Gasteiger partial charge >= 0.3 is 5.97 Å². The van der Waals surface area contributed by atoms with Crippen LogP contribution in [0.4, 0.5) is 5.69 Å². The van der Waals surface area contributed by atoms with E-state index in [4.69, 9.17) is 9.84 Å². The van der Waals surface area contributed by atoms with Gasteiger partial charge in [0.1, 0.15) is 11.6 Å². The average Bonchev–Trinajstić information content (AvgIpc) is 2.68. The van der Waals surface area contributed by atoms with Gasteiger partial charge in [-0.25, -0.2) is 4.98 Å². The number of aliphatic hydroxyl groups excluding tert-OH is 1. The Bertz CT molecular complexity index is 800. The highest BCUT2D eigenvalue weighted by Gasteiger charge is 2.19. The first-order chi connectivity index (χ1) is 13.1. The van der Waals surface area contributed by atoms with Crippen molar-refractivity contribution in [1.29, 1.82) is 0 Å². The van der Waals surface area contributed by atoms with Crippen LogP contribution in [-0.4, -0.2) is 33.3 Å². The number of nitrogens with zero attached hydrogens (tertiary/aromatic N) is 2. The third kappa shape index (κ3) is 7.05. The number of benzene rings is 1. The number of pyridine rings is 1. The highest BCUT2D eigenvalue weighted by Crippen LogP contribution is 2.29. The Morgan fingerprint density at radius 2 is 2.15 bits per heavy atom. The van der Waals surface area contributed by atoms with E-state index in [0.717, 1.165) is 5.03 Å². The Balaban J connectivity index is 1.85. The van der Waals surface area contributed by atoms with Crippen molar-refractivity contribution < 1.29 is 19.6 Å². The number of para-hydroxylation sites is 1. The van der Waals surface area contributed by atoms with Crippen molar-refractivity contribution in [3.63, 3.8) is 0 Å². The van der Waals surface area contributed by atoms with Crippen LogP contribution < -0.4 is 0 Å². The lowest BCUT2D eigenvalue weighted by atomic mass is 10.1. The van der Waals surface area contributed by atoms with Crippen molar-refractivity contribution in [2.24, 2.45) is 0 Å². The lowest BCUT2D eigenvalue weighted by Crippen LogP contribution is -2.07. The molecule has 1 heterocycles. The van der Waals surface area contributed by atoms with E-state index in [1.807, 2.05) is 18.2 Å². The SMILES string of the molecule is O=C(CCSSc1ccccn1)OCc1cccc(/C=C/CO)c1[N+](=O)[O-]. The zero-order chi connectivity index (χ0) is 19.5. The molecular weight excluding hydrogens is 388 g/mol. The summed E-state index contributed by atoms with van der Waals surface area (Å²) >= 11 is 0. The van der Waals surface area contributed by atoms with E-state index >= 15 is 0 Å². The number of nitro benzene ring substituents is 1. The lowest BCUT2D eigenvalue weighted by Gasteiger charge is -2.07. The number of aromatic nitrogens is 1. The predicted molar refractivity (Wildman–Crippen MR) is 106 cm³/mol. The fraction of sp³-hybridized carbons (Fsp3) is 0.222. The van der Waals surface area contributed by atoms with E-state index in [1.54, 1.807) is 24.4 Å². The highest BCUT2D eigenvalue weighted by molar-refractivity contribution is 8.76. The van der Waals surface area contributed by atoms with Crippen LogP contribution >= 0.6 is 21.6 Å². The second kappa shape index (κ2) is 11.4. The zero-order valence-electron chi connectivity index (χ0n) is 14.3. The third-order valence-electron chi connectivity index (χ3n) is 3.30. The van der Waals surface area contributed by atoms with Crippen LogP contribution in [0.25, 0.3) is 6.08 Å². The van der Waals surface area contributed by atoms with Gasteiger partial charge in [-0.3, -0.25) is 14.9 Å². The van der Waals surface area contributed by atoms with Crippen molar-refractivity contribution in [1.82, 2.24) is 4.98 Å². The summed E-state index contributed by atoms with van der Waals surface area (Å²) in [7, 11) is 2.96. The van der Waals surface area contributed by atoms with Crippen molar-refractivity contribution in [2.75, 3.05) is 12.4 Å². The second-order valence-corrected chi connectivity index (χ2v) is 7.62.